The van der Waals surface area contributed by atoms with Crippen LogP contribution in [0.1, 0.15) is 63.2 Å². The number of carbonyl (C=O) groups is 2. The normalized spacial score (nSPS) is 25.9. The highest BCUT2D eigenvalue weighted by Gasteiger charge is 2.62. The first-order valence-corrected chi connectivity index (χ1v) is 10.4. The van der Waals surface area contributed by atoms with Crippen molar-refractivity contribution in [2.45, 2.75) is 64.5 Å². The number of nitrogens with two attached hydrogens (primary N) is 1. The molecule has 2 unspecified atom stereocenters. The molecular weight excluding hydrogens is 390 g/mol. The fourth-order valence-electron chi connectivity index (χ4n) is 4.22. The van der Waals surface area contributed by atoms with Crippen molar-refractivity contribution in [1.29, 1.82) is 0 Å². The molecule has 0 aromatic heterocycles. The third kappa shape index (κ3) is 4.60. The molecule has 3 rings (SSSR count). The Labute approximate surface area is 179 Å². The van der Waals surface area contributed by atoms with E-state index in [2.05, 4.69) is 5.32 Å². The molecule has 1 aromatic rings. The summed E-state index contributed by atoms with van der Waals surface area (Å²) in [5, 5.41) is 2.91. The van der Waals surface area contributed by atoms with Crippen molar-refractivity contribution >= 4 is 29.9 Å². The molecular formula is C22H34ClN3O3. The van der Waals surface area contributed by atoms with Crippen LogP contribution in [-0.2, 0) is 9.53 Å². The molecule has 0 bridgehead atoms. The lowest BCUT2D eigenvalue weighted by Crippen LogP contribution is -2.74. The summed E-state index contributed by atoms with van der Waals surface area (Å²) in [4.78, 5) is 27.4. The molecule has 3 N–H and O–H groups in total. The fourth-order valence-corrected chi connectivity index (χ4v) is 4.22. The van der Waals surface area contributed by atoms with Gasteiger partial charge in [0.05, 0.1) is 6.10 Å². The SMILES string of the molecule is CCOC1CC(N)(C(=O)Nc2ccc(C(=O)N3CCCCCC3)cc2)C1(C)C.Cl. The van der Waals surface area contributed by atoms with Crippen LogP contribution in [0.5, 0.6) is 0 Å². The number of halogens is 1. The van der Waals surface area contributed by atoms with Gasteiger partial charge in [0.15, 0.2) is 0 Å². The van der Waals surface area contributed by atoms with Crippen LogP contribution in [0.2, 0.25) is 0 Å². The van der Waals surface area contributed by atoms with Crippen molar-refractivity contribution < 1.29 is 14.3 Å². The van der Waals surface area contributed by atoms with Crippen molar-refractivity contribution in [3.05, 3.63) is 29.8 Å². The summed E-state index contributed by atoms with van der Waals surface area (Å²) >= 11 is 0. The average molecular weight is 424 g/mol. The number of amides is 2. The van der Waals surface area contributed by atoms with E-state index in [-0.39, 0.29) is 30.3 Å². The van der Waals surface area contributed by atoms with Crippen LogP contribution >= 0.6 is 12.4 Å². The van der Waals surface area contributed by atoms with Gasteiger partial charge in [-0.3, -0.25) is 9.59 Å². The average Bonchev–Trinajstić information content (AvgIpc) is 2.97. The molecule has 29 heavy (non-hydrogen) atoms. The molecule has 2 aliphatic rings. The summed E-state index contributed by atoms with van der Waals surface area (Å²) < 4.78 is 5.70. The molecule has 6 nitrogen and oxygen atoms in total. The molecule has 0 radical (unpaired) electrons. The summed E-state index contributed by atoms with van der Waals surface area (Å²) in [6, 6.07) is 7.11. The van der Waals surface area contributed by atoms with E-state index in [4.69, 9.17) is 10.5 Å². The van der Waals surface area contributed by atoms with Gasteiger partial charge >= 0.3 is 0 Å². The fraction of sp³-hybridized carbons (Fsp3) is 0.636. The molecule has 1 saturated carbocycles. The zero-order chi connectivity index (χ0) is 20.4. The predicted molar refractivity (Wildman–Crippen MR) is 117 cm³/mol. The first-order chi connectivity index (χ1) is 13.3. The van der Waals surface area contributed by atoms with E-state index in [1.54, 1.807) is 24.3 Å². The van der Waals surface area contributed by atoms with Crippen molar-refractivity contribution in [1.82, 2.24) is 4.90 Å². The molecule has 7 heteroatoms. The second-order valence-corrected chi connectivity index (χ2v) is 8.58. The minimum absolute atomic E-state index is 0. The van der Waals surface area contributed by atoms with Gasteiger partial charge in [0.1, 0.15) is 5.54 Å². The Morgan fingerprint density at radius 1 is 1.14 bits per heavy atom. The van der Waals surface area contributed by atoms with Crippen LogP contribution in [0.15, 0.2) is 24.3 Å². The van der Waals surface area contributed by atoms with Gasteiger partial charge in [-0.05, 0) is 44.0 Å². The number of likely N-dealkylation sites (tertiary alicyclic amines) is 1. The molecule has 1 heterocycles. The van der Waals surface area contributed by atoms with Gasteiger partial charge in [0.25, 0.3) is 5.91 Å². The molecule has 2 fully saturated rings. The molecule has 1 aromatic carbocycles. The summed E-state index contributed by atoms with van der Waals surface area (Å²) in [7, 11) is 0. The highest BCUT2D eigenvalue weighted by molar-refractivity contribution is 6.00. The zero-order valence-electron chi connectivity index (χ0n) is 17.7. The number of anilines is 1. The Morgan fingerprint density at radius 2 is 1.72 bits per heavy atom. The Bertz CT molecular complexity index is 715. The minimum Gasteiger partial charge on any atom is -0.378 e. The van der Waals surface area contributed by atoms with Crippen molar-refractivity contribution in [2.24, 2.45) is 11.1 Å². The van der Waals surface area contributed by atoms with Gasteiger partial charge in [0.2, 0.25) is 5.91 Å². The Balaban J connectivity index is 0.00000300. The molecule has 1 saturated heterocycles. The van der Waals surface area contributed by atoms with Crippen LogP contribution in [0.3, 0.4) is 0 Å². The van der Waals surface area contributed by atoms with Gasteiger partial charge in [-0.1, -0.05) is 26.7 Å². The summed E-state index contributed by atoms with van der Waals surface area (Å²) in [6.45, 7) is 8.14. The molecule has 1 aliphatic carbocycles. The number of hydrogen-bond acceptors (Lipinski definition) is 4. The van der Waals surface area contributed by atoms with Crippen molar-refractivity contribution in [2.75, 3.05) is 25.0 Å². The maximum atomic E-state index is 12.8. The van der Waals surface area contributed by atoms with Gasteiger partial charge in [-0.25, -0.2) is 0 Å². The number of hydrogen-bond donors (Lipinski definition) is 2. The Hall–Kier alpha value is -1.63. The van der Waals surface area contributed by atoms with Gasteiger partial charge < -0.3 is 20.7 Å². The van der Waals surface area contributed by atoms with Crippen molar-refractivity contribution in [3.8, 4) is 0 Å². The van der Waals surface area contributed by atoms with E-state index in [1.807, 2.05) is 25.7 Å². The summed E-state index contributed by atoms with van der Waals surface area (Å²) in [5.41, 5.74) is 6.34. The standard InChI is InChI=1S/C22H33N3O3.ClH/c1-4-28-18-15-22(23,21(18,2)3)20(27)24-17-11-9-16(10-12-17)19(26)25-13-7-5-6-8-14-25;/h9-12,18H,4-8,13-15,23H2,1-3H3,(H,24,27);1H. The third-order valence-corrected chi connectivity index (χ3v) is 6.52. The number of rotatable bonds is 5. The topological polar surface area (TPSA) is 84.7 Å². The van der Waals surface area contributed by atoms with Crippen LogP contribution in [0.4, 0.5) is 5.69 Å². The van der Waals surface area contributed by atoms with Crippen molar-refractivity contribution in [3.63, 3.8) is 0 Å². The van der Waals surface area contributed by atoms with E-state index in [0.29, 0.717) is 24.3 Å². The van der Waals surface area contributed by atoms with E-state index in [0.717, 1.165) is 25.9 Å². The smallest absolute Gasteiger partial charge is 0.253 e. The number of nitrogens with one attached hydrogen (secondary N) is 1. The number of carbonyl (C=O) groups excluding carboxylic acids is 2. The molecule has 2 atom stereocenters. The van der Waals surface area contributed by atoms with E-state index in [1.165, 1.54) is 12.8 Å². The number of benzene rings is 1. The largest absolute Gasteiger partial charge is 0.378 e. The molecule has 162 valence electrons. The maximum Gasteiger partial charge on any atom is 0.253 e. The van der Waals surface area contributed by atoms with Crippen LogP contribution in [-0.4, -0.2) is 48.1 Å². The van der Waals surface area contributed by atoms with Crippen LogP contribution < -0.4 is 11.1 Å². The number of ether oxygens (including phenoxy) is 1. The second-order valence-electron chi connectivity index (χ2n) is 8.58. The first-order valence-electron chi connectivity index (χ1n) is 10.4. The lowest BCUT2D eigenvalue weighted by Gasteiger charge is -2.57. The second kappa shape index (κ2) is 9.45. The Morgan fingerprint density at radius 3 is 2.24 bits per heavy atom. The van der Waals surface area contributed by atoms with E-state index < -0.39 is 11.0 Å². The van der Waals surface area contributed by atoms with Gasteiger partial charge in [0, 0.05) is 42.8 Å². The number of nitrogens with zero attached hydrogens (tertiary/aromatic N) is 1. The Kier molecular flexibility index (Phi) is 7.71. The quantitative estimate of drug-likeness (QED) is 0.757. The third-order valence-electron chi connectivity index (χ3n) is 6.52. The maximum absolute atomic E-state index is 12.8. The van der Waals surface area contributed by atoms with Crippen LogP contribution in [0.25, 0.3) is 0 Å². The van der Waals surface area contributed by atoms with Gasteiger partial charge in [-0.2, -0.15) is 0 Å². The highest BCUT2D eigenvalue weighted by Crippen LogP contribution is 2.50. The molecule has 0 spiro atoms. The monoisotopic (exact) mass is 423 g/mol. The summed E-state index contributed by atoms with van der Waals surface area (Å²) in [6.07, 6.45) is 5.01. The summed E-state index contributed by atoms with van der Waals surface area (Å²) in [5.74, 6) is -0.144. The lowest BCUT2D eigenvalue weighted by atomic mass is 9.54. The van der Waals surface area contributed by atoms with E-state index in [9.17, 15) is 9.59 Å². The first kappa shape index (κ1) is 23.6. The minimum atomic E-state index is -0.965. The van der Waals surface area contributed by atoms with Crippen LogP contribution in [0, 0.1) is 5.41 Å². The lowest BCUT2D eigenvalue weighted by molar-refractivity contribution is -0.166. The zero-order valence-corrected chi connectivity index (χ0v) is 18.5. The highest BCUT2D eigenvalue weighted by atomic mass is 35.5. The predicted octanol–water partition coefficient (Wildman–Crippen LogP) is 3.60. The van der Waals surface area contributed by atoms with E-state index >= 15 is 0 Å². The molecule has 1 aliphatic heterocycles. The van der Waals surface area contributed by atoms with Gasteiger partial charge in [-0.15, -0.1) is 12.4 Å². The molecule has 2 amide bonds.